The standard InChI is InChI=1S/C11H13F3O/c1-3-11(15,4-2)7-5-8(12)10(14)9(13)6-7/h5-6,15H,3-4H2,1-2H3. The van der Waals surface area contributed by atoms with Gasteiger partial charge in [0.15, 0.2) is 17.5 Å². The maximum Gasteiger partial charge on any atom is 0.194 e. The van der Waals surface area contributed by atoms with Crippen molar-refractivity contribution < 1.29 is 18.3 Å². The molecule has 0 aliphatic rings. The molecule has 84 valence electrons. The highest BCUT2D eigenvalue weighted by Crippen LogP contribution is 2.30. The monoisotopic (exact) mass is 218 g/mol. The first kappa shape index (κ1) is 12.0. The molecule has 0 bridgehead atoms. The molecule has 0 aliphatic carbocycles. The molecule has 1 rings (SSSR count). The van der Waals surface area contributed by atoms with Gasteiger partial charge in [-0.3, -0.25) is 0 Å². The molecule has 15 heavy (non-hydrogen) atoms. The van der Waals surface area contributed by atoms with Crippen molar-refractivity contribution in [1.82, 2.24) is 0 Å². The summed E-state index contributed by atoms with van der Waals surface area (Å²) in [6.45, 7) is 3.39. The van der Waals surface area contributed by atoms with Crippen LogP contribution >= 0.6 is 0 Å². The van der Waals surface area contributed by atoms with Gasteiger partial charge in [-0.15, -0.1) is 0 Å². The van der Waals surface area contributed by atoms with Crippen molar-refractivity contribution in [3.63, 3.8) is 0 Å². The predicted octanol–water partition coefficient (Wildman–Crippen LogP) is 3.11. The largest absolute Gasteiger partial charge is 0.385 e. The van der Waals surface area contributed by atoms with Crippen LogP contribution in [0.1, 0.15) is 32.3 Å². The summed E-state index contributed by atoms with van der Waals surface area (Å²) in [6, 6.07) is 1.68. The fraction of sp³-hybridized carbons (Fsp3) is 0.455. The van der Waals surface area contributed by atoms with E-state index in [1.54, 1.807) is 13.8 Å². The number of halogens is 3. The molecule has 1 aromatic carbocycles. The summed E-state index contributed by atoms with van der Waals surface area (Å²) in [5.74, 6) is -4.05. The Morgan fingerprint density at radius 3 is 1.80 bits per heavy atom. The topological polar surface area (TPSA) is 20.2 Å². The number of hydrogen-bond acceptors (Lipinski definition) is 1. The maximum atomic E-state index is 12.9. The fourth-order valence-corrected chi connectivity index (χ4v) is 1.48. The van der Waals surface area contributed by atoms with Crippen molar-refractivity contribution in [2.45, 2.75) is 32.3 Å². The third-order valence-electron chi connectivity index (χ3n) is 2.69. The van der Waals surface area contributed by atoms with E-state index in [9.17, 15) is 18.3 Å². The summed E-state index contributed by atoms with van der Waals surface area (Å²) in [4.78, 5) is 0. The SMILES string of the molecule is CCC(O)(CC)c1cc(F)c(F)c(F)c1. The average molecular weight is 218 g/mol. The Morgan fingerprint density at radius 1 is 1.07 bits per heavy atom. The van der Waals surface area contributed by atoms with Crippen molar-refractivity contribution in [3.8, 4) is 0 Å². The zero-order chi connectivity index (χ0) is 11.6. The van der Waals surface area contributed by atoms with Crippen LogP contribution in [0, 0.1) is 17.5 Å². The van der Waals surface area contributed by atoms with Crippen molar-refractivity contribution in [2.75, 3.05) is 0 Å². The van der Waals surface area contributed by atoms with E-state index >= 15 is 0 Å². The van der Waals surface area contributed by atoms with Crippen LogP contribution in [0.25, 0.3) is 0 Å². The van der Waals surface area contributed by atoms with Crippen LogP contribution in [0.5, 0.6) is 0 Å². The summed E-state index contributed by atoms with van der Waals surface area (Å²) in [7, 11) is 0. The van der Waals surface area contributed by atoms with E-state index in [0.717, 1.165) is 12.1 Å². The maximum absolute atomic E-state index is 12.9. The molecule has 1 N–H and O–H groups in total. The second-order valence-corrected chi connectivity index (χ2v) is 3.49. The zero-order valence-electron chi connectivity index (χ0n) is 8.65. The van der Waals surface area contributed by atoms with Gasteiger partial charge in [-0.25, -0.2) is 13.2 Å². The number of aliphatic hydroxyl groups is 1. The van der Waals surface area contributed by atoms with E-state index in [1.165, 1.54) is 0 Å². The number of benzene rings is 1. The normalized spacial score (nSPS) is 11.9. The van der Waals surface area contributed by atoms with Gasteiger partial charge in [0.25, 0.3) is 0 Å². The van der Waals surface area contributed by atoms with Crippen molar-refractivity contribution >= 4 is 0 Å². The van der Waals surface area contributed by atoms with Gasteiger partial charge in [0.05, 0.1) is 5.60 Å². The Labute approximate surface area is 86.5 Å². The molecular weight excluding hydrogens is 205 g/mol. The molecule has 1 nitrogen and oxygen atoms in total. The molecule has 0 heterocycles. The lowest BCUT2D eigenvalue weighted by atomic mass is 9.88. The minimum atomic E-state index is -1.51. The van der Waals surface area contributed by atoms with Gasteiger partial charge >= 0.3 is 0 Å². The lowest BCUT2D eigenvalue weighted by Gasteiger charge is -2.25. The van der Waals surface area contributed by atoms with E-state index in [2.05, 4.69) is 0 Å². The first-order valence-corrected chi connectivity index (χ1v) is 4.82. The Bertz CT molecular complexity index is 336. The highest BCUT2D eigenvalue weighted by atomic mass is 19.2. The fourth-order valence-electron chi connectivity index (χ4n) is 1.48. The van der Waals surface area contributed by atoms with Crippen molar-refractivity contribution in [1.29, 1.82) is 0 Å². The molecule has 0 fully saturated rings. The molecule has 0 saturated carbocycles. The first-order chi connectivity index (χ1) is 6.94. The molecule has 0 spiro atoms. The Morgan fingerprint density at radius 2 is 1.47 bits per heavy atom. The highest BCUT2D eigenvalue weighted by molar-refractivity contribution is 5.25. The summed E-state index contributed by atoms with van der Waals surface area (Å²) in [5, 5.41) is 9.98. The van der Waals surface area contributed by atoms with Crippen LogP contribution in [0.2, 0.25) is 0 Å². The quantitative estimate of drug-likeness (QED) is 0.773. The molecule has 0 unspecified atom stereocenters. The van der Waals surface area contributed by atoms with Crippen molar-refractivity contribution in [3.05, 3.63) is 35.1 Å². The summed E-state index contributed by atoms with van der Waals surface area (Å²) in [5.41, 5.74) is -1.22. The third-order valence-corrected chi connectivity index (χ3v) is 2.69. The van der Waals surface area contributed by atoms with Gasteiger partial charge < -0.3 is 5.11 Å². The molecule has 4 heteroatoms. The van der Waals surface area contributed by atoms with Crippen LogP contribution in [0.15, 0.2) is 12.1 Å². The van der Waals surface area contributed by atoms with E-state index in [0.29, 0.717) is 12.8 Å². The van der Waals surface area contributed by atoms with Crippen LogP contribution in [-0.4, -0.2) is 5.11 Å². The van der Waals surface area contributed by atoms with E-state index in [-0.39, 0.29) is 5.56 Å². The summed E-state index contributed by atoms with van der Waals surface area (Å²) in [6.07, 6.45) is 0.627. The van der Waals surface area contributed by atoms with E-state index in [1.807, 2.05) is 0 Å². The molecular formula is C11H13F3O. The number of hydrogen-bond donors (Lipinski definition) is 1. The molecule has 0 atom stereocenters. The minimum Gasteiger partial charge on any atom is -0.385 e. The van der Waals surface area contributed by atoms with Crippen molar-refractivity contribution in [2.24, 2.45) is 0 Å². The lowest BCUT2D eigenvalue weighted by Crippen LogP contribution is -2.24. The Kier molecular flexibility index (Phi) is 3.39. The second kappa shape index (κ2) is 4.23. The Hall–Kier alpha value is -1.03. The molecule has 0 aliphatic heterocycles. The van der Waals surface area contributed by atoms with Gasteiger partial charge in [0.2, 0.25) is 0 Å². The van der Waals surface area contributed by atoms with Crippen LogP contribution < -0.4 is 0 Å². The number of rotatable bonds is 3. The molecule has 0 amide bonds. The zero-order valence-corrected chi connectivity index (χ0v) is 8.65. The van der Waals surface area contributed by atoms with Crippen LogP contribution in [0.3, 0.4) is 0 Å². The molecule has 0 saturated heterocycles. The lowest BCUT2D eigenvalue weighted by molar-refractivity contribution is 0.0276. The van der Waals surface area contributed by atoms with Crippen LogP contribution in [0.4, 0.5) is 13.2 Å². The molecule has 0 aromatic heterocycles. The van der Waals surface area contributed by atoms with Gasteiger partial charge in [0.1, 0.15) is 0 Å². The van der Waals surface area contributed by atoms with Gasteiger partial charge in [-0.1, -0.05) is 13.8 Å². The summed E-state index contributed by atoms with van der Waals surface area (Å²) < 4.78 is 38.5. The van der Waals surface area contributed by atoms with E-state index < -0.39 is 23.1 Å². The molecule has 0 radical (unpaired) electrons. The van der Waals surface area contributed by atoms with Crippen LogP contribution in [-0.2, 0) is 5.60 Å². The Balaban J connectivity index is 3.27. The van der Waals surface area contributed by atoms with Gasteiger partial charge in [-0.05, 0) is 30.5 Å². The molecule has 1 aromatic rings. The highest BCUT2D eigenvalue weighted by Gasteiger charge is 2.27. The minimum absolute atomic E-state index is 0.0731. The summed E-state index contributed by atoms with van der Waals surface area (Å²) >= 11 is 0. The van der Waals surface area contributed by atoms with Gasteiger partial charge in [0, 0.05) is 0 Å². The van der Waals surface area contributed by atoms with E-state index in [4.69, 9.17) is 0 Å². The van der Waals surface area contributed by atoms with Gasteiger partial charge in [-0.2, -0.15) is 0 Å². The first-order valence-electron chi connectivity index (χ1n) is 4.82. The average Bonchev–Trinajstić information content (AvgIpc) is 2.24. The predicted molar refractivity (Wildman–Crippen MR) is 50.8 cm³/mol. The third kappa shape index (κ3) is 2.15. The second-order valence-electron chi connectivity index (χ2n) is 3.49. The smallest absolute Gasteiger partial charge is 0.194 e.